The maximum absolute atomic E-state index is 9.94. The first-order chi connectivity index (χ1) is 6.27. The van der Waals surface area contributed by atoms with Crippen molar-refractivity contribution in [3.63, 3.8) is 0 Å². The van der Waals surface area contributed by atoms with E-state index < -0.39 is 11.0 Å². The summed E-state index contributed by atoms with van der Waals surface area (Å²) in [4.78, 5) is 0. The van der Waals surface area contributed by atoms with Gasteiger partial charge in [0.2, 0.25) is 0 Å². The van der Waals surface area contributed by atoms with Crippen LogP contribution in [-0.2, 0) is 15.2 Å². The van der Waals surface area contributed by atoms with Gasteiger partial charge in [-0.15, -0.1) is 0 Å². The van der Waals surface area contributed by atoms with E-state index in [1.54, 1.807) is 6.08 Å². The third kappa shape index (κ3) is 11.5. The Labute approximate surface area is 81.9 Å². The monoisotopic (exact) mass is 206 g/mol. The molecule has 0 aliphatic carbocycles. The number of hydrogen-bond donors (Lipinski definition) is 1. The molecule has 0 fully saturated rings. The van der Waals surface area contributed by atoms with Crippen molar-refractivity contribution in [2.75, 3.05) is 0 Å². The highest BCUT2D eigenvalue weighted by Crippen LogP contribution is 2.05. The van der Waals surface area contributed by atoms with E-state index in [9.17, 15) is 8.42 Å². The Morgan fingerprint density at radius 1 is 1.15 bits per heavy atom. The fraction of sp³-hybridized carbons (Fsp3) is 0.778. The SMILES string of the molecule is CCCCCCCC=CO[SH](=O)=O. The first kappa shape index (κ1) is 12.5. The largest absolute Gasteiger partial charge is 0.393 e. The second kappa shape index (κ2) is 9.58. The van der Waals surface area contributed by atoms with Crippen LogP contribution in [0.3, 0.4) is 0 Å². The third-order valence-electron chi connectivity index (χ3n) is 1.72. The fourth-order valence-corrected chi connectivity index (χ4v) is 1.21. The highest BCUT2D eigenvalue weighted by molar-refractivity contribution is 7.67. The molecular formula is C9H18O3S. The average Bonchev–Trinajstić information content (AvgIpc) is 2.09. The molecule has 0 saturated carbocycles. The van der Waals surface area contributed by atoms with Gasteiger partial charge < -0.3 is 4.18 Å². The summed E-state index contributed by atoms with van der Waals surface area (Å²) in [6, 6.07) is 0. The van der Waals surface area contributed by atoms with Gasteiger partial charge in [0, 0.05) is 0 Å². The molecule has 0 aliphatic rings. The van der Waals surface area contributed by atoms with Gasteiger partial charge in [0.1, 0.15) is 6.26 Å². The summed E-state index contributed by atoms with van der Waals surface area (Å²) < 4.78 is 24.1. The molecule has 78 valence electrons. The van der Waals surface area contributed by atoms with Crippen molar-refractivity contribution in [1.82, 2.24) is 0 Å². The Kier molecular flexibility index (Phi) is 9.20. The van der Waals surface area contributed by atoms with Gasteiger partial charge in [-0.1, -0.05) is 32.6 Å². The summed E-state index contributed by atoms with van der Waals surface area (Å²) in [5.74, 6) is 0. The van der Waals surface area contributed by atoms with Crippen LogP contribution in [0.4, 0.5) is 0 Å². The van der Waals surface area contributed by atoms with Crippen LogP contribution in [0, 0.1) is 0 Å². The third-order valence-corrected chi connectivity index (χ3v) is 2.01. The highest BCUT2D eigenvalue weighted by Gasteiger charge is 1.86. The number of thiol groups is 1. The Morgan fingerprint density at radius 2 is 1.85 bits per heavy atom. The topological polar surface area (TPSA) is 43.4 Å². The van der Waals surface area contributed by atoms with E-state index in [0.717, 1.165) is 12.8 Å². The maximum atomic E-state index is 9.94. The molecule has 0 amide bonds. The molecule has 0 atom stereocenters. The zero-order valence-corrected chi connectivity index (χ0v) is 8.96. The number of unbranched alkanes of at least 4 members (excludes halogenated alkanes) is 5. The van der Waals surface area contributed by atoms with Crippen molar-refractivity contribution < 1.29 is 12.6 Å². The molecule has 0 aromatic heterocycles. The average molecular weight is 206 g/mol. The van der Waals surface area contributed by atoms with Crippen molar-refractivity contribution in [1.29, 1.82) is 0 Å². The van der Waals surface area contributed by atoms with Gasteiger partial charge in [-0.25, -0.2) is 0 Å². The van der Waals surface area contributed by atoms with Crippen LogP contribution >= 0.6 is 0 Å². The molecule has 0 aromatic rings. The predicted octanol–water partition coefficient (Wildman–Crippen LogP) is 2.40. The Balaban J connectivity index is 3.11. The standard InChI is InChI=1S/C9H18O3S/c1-2-3-4-5-6-7-8-9-12-13(10)11/h8-9,13H,2-7H2,1H3. The molecule has 0 aliphatic heterocycles. The molecule has 0 radical (unpaired) electrons. The van der Waals surface area contributed by atoms with Gasteiger partial charge in [-0.2, -0.15) is 8.42 Å². The predicted molar refractivity (Wildman–Crippen MR) is 53.9 cm³/mol. The van der Waals surface area contributed by atoms with Gasteiger partial charge in [0.05, 0.1) is 0 Å². The summed E-state index contributed by atoms with van der Waals surface area (Å²) >= 11 is 0. The highest BCUT2D eigenvalue weighted by atomic mass is 32.2. The van der Waals surface area contributed by atoms with Gasteiger partial charge in [0.15, 0.2) is 0 Å². The lowest BCUT2D eigenvalue weighted by Crippen LogP contribution is -1.78. The molecule has 0 saturated heterocycles. The van der Waals surface area contributed by atoms with Crippen LogP contribution in [-0.4, -0.2) is 8.42 Å². The van der Waals surface area contributed by atoms with E-state index in [1.165, 1.54) is 31.9 Å². The zero-order valence-electron chi connectivity index (χ0n) is 8.07. The van der Waals surface area contributed by atoms with E-state index in [4.69, 9.17) is 0 Å². The van der Waals surface area contributed by atoms with Gasteiger partial charge in [-0.3, -0.25) is 0 Å². The smallest absolute Gasteiger partial charge is 0.298 e. The Morgan fingerprint density at radius 3 is 2.46 bits per heavy atom. The summed E-state index contributed by atoms with van der Waals surface area (Å²) in [5.41, 5.74) is 0. The molecule has 13 heavy (non-hydrogen) atoms. The molecule has 0 unspecified atom stereocenters. The molecule has 0 rings (SSSR count). The van der Waals surface area contributed by atoms with Crippen molar-refractivity contribution in [3.05, 3.63) is 12.3 Å². The second-order valence-corrected chi connectivity index (χ2v) is 3.56. The van der Waals surface area contributed by atoms with Gasteiger partial charge in [0.25, 0.3) is 11.0 Å². The minimum absolute atomic E-state index is 0.896. The van der Waals surface area contributed by atoms with Crippen LogP contribution in [0.1, 0.15) is 45.4 Å². The lowest BCUT2D eigenvalue weighted by molar-refractivity contribution is 0.464. The Bertz CT molecular complexity index is 189. The summed E-state index contributed by atoms with van der Waals surface area (Å²) in [7, 11) is -2.72. The molecule has 0 N–H and O–H groups in total. The van der Waals surface area contributed by atoms with Crippen LogP contribution in [0.5, 0.6) is 0 Å². The number of allylic oxidation sites excluding steroid dienone is 1. The normalized spacial score (nSPS) is 11.2. The van der Waals surface area contributed by atoms with E-state index >= 15 is 0 Å². The van der Waals surface area contributed by atoms with Gasteiger partial charge in [-0.05, 0) is 18.9 Å². The van der Waals surface area contributed by atoms with Crippen molar-refractivity contribution in [2.24, 2.45) is 0 Å². The van der Waals surface area contributed by atoms with Crippen LogP contribution < -0.4 is 0 Å². The Hall–Kier alpha value is -0.510. The van der Waals surface area contributed by atoms with Crippen molar-refractivity contribution >= 4 is 11.0 Å². The molecule has 4 heteroatoms. The molecule has 0 aromatic carbocycles. The molecule has 3 nitrogen and oxygen atoms in total. The first-order valence-corrected chi connectivity index (χ1v) is 5.83. The van der Waals surface area contributed by atoms with E-state index in [1.807, 2.05) is 0 Å². The zero-order chi connectivity index (χ0) is 9.94. The van der Waals surface area contributed by atoms with E-state index in [0.29, 0.717) is 0 Å². The quantitative estimate of drug-likeness (QED) is 0.377. The second-order valence-electron chi connectivity index (χ2n) is 2.90. The van der Waals surface area contributed by atoms with Crippen molar-refractivity contribution in [3.8, 4) is 0 Å². The molecule has 0 heterocycles. The first-order valence-electron chi connectivity index (χ1n) is 4.73. The molecule has 0 bridgehead atoms. The number of rotatable bonds is 8. The maximum Gasteiger partial charge on any atom is 0.298 e. The lowest BCUT2D eigenvalue weighted by atomic mass is 10.1. The van der Waals surface area contributed by atoms with Crippen LogP contribution in [0.25, 0.3) is 0 Å². The lowest BCUT2D eigenvalue weighted by Gasteiger charge is -1.95. The molecule has 0 spiro atoms. The van der Waals surface area contributed by atoms with Crippen LogP contribution in [0.2, 0.25) is 0 Å². The summed E-state index contributed by atoms with van der Waals surface area (Å²) in [6.45, 7) is 2.18. The summed E-state index contributed by atoms with van der Waals surface area (Å²) in [5, 5.41) is 0. The summed E-state index contributed by atoms with van der Waals surface area (Å²) in [6.07, 6.45) is 10.00. The van der Waals surface area contributed by atoms with Gasteiger partial charge >= 0.3 is 0 Å². The van der Waals surface area contributed by atoms with Crippen LogP contribution in [0.15, 0.2) is 12.3 Å². The van der Waals surface area contributed by atoms with Crippen molar-refractivity contribution in [2.45, 2.75) is 45.4 Å². The minimum Gasteiger partial charge on any atom is -0.393 e. The number of hydrogen-bond acceptors (Lipinski definition) is 3. The molecular weight excluding hydrogens is 188 g/mol. The van der Waals surface area contributed by atoms with E-state index in [2.05, 4.69) is 11.1 Å². The minimum atomic E-state index is -2.72. The fourth-order valence-electron chi connectivity index (χ4n) is 1.03. The van der Waals surface area contributed by atoms with E-state index in [-0.39, 0.29) is 0 Å².